The molecule has 0 unspecified atom stereocenters. The molecule has 0 radical (unpaired) electrons. The Hall–Kier alpha value is -3.39. The van der Waals surface area contributed by atoms with E-state index in [1.807, 2.05) is 13.0 Å². The molecule has 1 atom stereocenters. The summed E-state index contributed by atoms with van der Waals surface area (Å²) in [6.07, 6.45) is 3.51. The second-order valence-corrected chi connectivity index (χ2v) is 9.56. The Morgan fingerprint density at radius 1 is 1.03 bits per heavy atom. The van der Waals surface area contributed by atoms with Gasteiger partial charge in [0, 0.05) is 13.2 Å². The molecule has 2 aromatic heterocycles. The molecule has 4 aromatic rings. The van der Waals surface area contributed by atoms with Crippen LogP contribution in [0.4, 0.5) is 11.8 Å². The summed E-state index contributed by atoms with van der Waals surface area (Å²) in [5, 5.41) is 7.14. The number of nitrogens with zero attached hydrogens (tertiary/aromatic N) is 3. The lowest BCUT2D eigenvalue weighted by Gasteiger charge is -2.16. The molecule has 2 heterocycles. The van der Waals surface area contributed by atoms with Gasteiger partial charge in [-0.1, -0.05) is 42.0 Å². The predicted octanol–water partition coefficient (Wildman–Crippen LogP) is 4.12. The molecule has 0 amide bonds. The highest BCUT2D eigenvalue weighted by molar-refractivity contribution is 7.90. The SMILES string of the molecule is CNc1nc(N[C@H]2CCc3ccccc32)c2ccn(S(=O)(=O)c3ccc(C)cc3)c2n1. The van der Waals surface area contributed by atoms with E-state index < -0.39 is 10.0 Å². The fourth-order valence-corrected chi connectivity index (χ4v) is 5.40. The second kappa shape index (κ2) is 7.39. The molecular formula is C23H23N5O2S. The Kier molecular flexibility index (Phi) is 4.66. The first kappa shape index (κ1) is 19.6. The molecule has 0 saturated carbocycles. The van der Waals surface area contributed by atoms with Gasteiger partial charge in [-0.3, -0.25) is 0 Å². The lowest BCUT2D eigenvalue weighted by Crippen LogP contribution is -2.14. The minimum atomic E-state index is -3.79. The average molecular weight is 434 g/mol. The number of fused-ring (bicyclic) bond motifs is 2. The smallest absolute Gasteiger partial charge is 0.269 e. The number of nitrogens with one attached hydrogen (secondary N) is 2. The number of aryl methyl sites for hydroxylation is 2. The highest BCUT2D eigenvalue weighted by atomic mass is 32.2. The summed E-state index contributed by atoms with van der Waals surface area (Å²) in [5.41, 5.74) is 3.93. The Bertz CT molecular complexity index is 1380. The van der Waals surface area contributed by atoms with Gasteiger partial charge in [0.2, 0.25) is 5.95 Å². The summed E-state index contributed by atoms with van der Waals surface area (Å²) < 4.78 is 27.8. The maximum absolute atomic E-state index is 13.3. The van der Waals surface area contributed by atoms with E-state index in [2.05, 4.69) is 38.8 Å². The van der Waals surface area contributed by atoms with Crippen molar-refractivity contribution in [3.63, 3.8) is 0 Å². The van der Waals surface area contributed by atoms with Gasteiger partial charge >= 0.3 is 0 Å². The fraction of sp³-hybridized carbons (Fsp3) is 0.217. The van der Waals surface area contributed by atoms with Crippen molar-refractivity contribution in [2.24, 2.45) is 0 Å². The number of benzene rings is 2. The van der Waals surface area contributed by atoms with Crippen LogP contribution >= 0.6 is 0 Å². The number of hydrogen-bond donors (Lipinski definition) is 2. The third kappa shape index (κ3) is 3.33. The average Bonchev–Trinajstić information content (AvgIpc) is 3.39. The first-order valence-electron chi connectivity index (χ1n) is 10.2. The molecule has 0 bridgehead atoms. The van der Waals surface area contributed by atoms with E-state index in [4.69, 9.17) is 0 Å². The summed E-state index contributed by atoms with van der Waals surface area (Å²) in [5.74, 6) is 0.981. The van der Waals surface area contributed by atoms with Gasteiger partial charge in [0.05, 0.1) is 16.3 Å². The topological polar surface area (TPSA) is 88.9 Å². The van der Waals surface area contributed by atoms with Crippen LogP contribution in [0, 0.1) is 6.92 Å². The van der Waals surface area contributed by atoms with Crippen LogP contribution in [0.15, 0.2) is 65.7 Å². The van der Waals surface area contributed by atoms with E-state index in [0.29, 0.717) is 22.8 Å². The third-order valence-electron chi connectivity index (χ3n) is 5.76. The zero-order valence-electron chi connectivity index (χ0n) is 17.3. The van der Waals surface area contributed by atoms with Crippen molar-refractivity contribution in [1.29, 1.82) is 0 Å². The van der Waals surface area contributed by atoms with Crippen LogP contribution in [0.2, 0.25) is 0 Å². The van der Waals surface area contributed by atoms with Crippen LogP contribution < -0.4 is 10.6 Å². The number of aromatic nitrogens is 3. The van der Waals surface area contributed by atoms with E-state index >= 15 is 0 Å². The third-order valence-corrected chi connectivity index (χ3v) is 7.44. The summed E-state index contributed by atoms with van der Waals surface area (Å²) in [6.45, 7) is 1.92. The molecule has 8 heteroatoms. The van der Waals surface area contributed by atoms with Crippen molar-refractivity contribution in [2.75, 3.05) is 17.7 Å². The first-order valence-corrected chi connectivity index (χ1v) is 11.6. The van der Waals surface area contributed by atoms with Gasteiger partial charge in [-0.2, -0.15) is 9.97 Å². The predicted molar refractivity (Wildman–Crippen MR) is 122 cm³/mol. The molecule has 1 aliphatic rings. The summed E-state index contributed by atoms with van der Waals surface area (Å²) in [4.78, 5) is 9.28. The maximum Gasteiger partial charge on any atom is 0.269 e. The first-order chi connectivity index (χ1) is 15.0. The van der Waals surface area contributed by atoms with Gasteiger partial charge in [0.15, 0.2) is 5.65 Å². The van der Waals surface area contributed by atoms with Crippen molar-refractivity contribution < 1.29 is 8.42 Å². The standard InChI is InChI=1S/C23H23N5O2S/c1-15-7-10-17(11-8-15)31(29,30)28-14-13-19-21(26-23(24-2)27-22(19)28)25-20-12-9-16-5-3-4-6-18(16)20/h3-8,10-11,13-14,20H,9,12H2,1-2H3,(H2,24,25,26,27)/t20-/m0/s1. The van der Waals surface area contributed by atoms with E-state index in [0.717, 1.165) is 18.4 Å². The van der Waals surface area contributed by atoms with Crippen LogP contribution in [0.25, 0.3) is 11.0 Å². The fourth-order valence-electron chi connectivity index (χ4n) is 4.10. The summed E-state index contributed by atoms with van der Waals surface area (Å²) in [6, 6.07) is 17.1. The molecule has 0 aliphatic heterocycles. The summed E-state index contributed by atoms with van der Waals surface area (Å²) in [7, 11) is -2.07. The molecule has 158 valence electrons. The molecular weight excluding hydrogens is 410 g/mol. The second-order valence-electron chi connectivity index (χ2n) is 7.75. The molecule has 5 rings (SSSR count). The molecule has 0 fully saturated rings. The van der Waals surface area contributed by atoms with Crippen LogP contribution in [0.3, 0.4) is 0 Å². The van der Waals surface area contributed by atoms with Crippen LogP contribution in [0.1, 0.15) is 29.2 Å². The van der Waals surface area contributed by atoms with Crippen molar-refractivity contribution in [3.8, 4) is 0 Å². The zero-order chi connectivity index (χ0) is 21.6. The lowest BCUT2D eigenvalue weighted by molar-refractivity contribution is 0.589. The minimum absolute atomic E-state index is 0.121. The minimum Gasteiger partial charge on any atom is -0.363 e. The van der Waals surface area contributed by atoms with Crippen molar-refractivity contribution in [2.45, 2.75) is 30.7 Å². The maximum atomic E-state index is 13.3. The van der Waals surface area contributed by atoms with Gasteiger partial charge in [-0.25, -0.2) is 12.4 Å². The summed E-state index contributed by atoms with van der Waals surface area (Å²) >= 11 is 0. The van der Waals surface area contributed by atoms with E-state index in [1.54, 1.807) is 43.6 Å². The van der Waals surface area contributed by atoms with Crippen molar-refractivity contribution in [3.05, 3.63) is 77.5 Å². The van der Waals surface area contributed by atoms with E-state index in [9.17, 15) is 8.42 Å². The molecule has 0 saturated heterocycles. The highest BCUT2D eigenvalue weighted by Crippen LogP contribution is 2.35. The number of hydrogen-bond acceptors (Lipinski definition) is 6. The van der Waals surface area contributed by atoms with Gasteiger partial charge in [0.1, 0.15) is 5.82 Å². The molecule has 31 heavy (non-hydrogen) atoms. The van der Waals surface area contributed by atoms with Crippen LogP contribution in [-0.4, -0.2) is 29.4 Å². The van der Waals surface area contributed by atoms with E-state index in [1.165, 1.54) is 15.1 Å². The Morgan fingerprint density at radius 3 is 2.58 bits per heavy atom. The Morgan fingerprint density at radius 2 is 1.81 bits per heavy atom. The van der Waals surface area contributed by atoms with Crippen LogP contribution in [0.5, 0.6) is 0 Å². The number of anilines is 2. The molecule has 7 nitrogen and oxygen atoms in total. The lowest BCUT2D eigenvalue weighted by atomic mass is 10.1. The molecule has 2 aromatic carbocycles. The molecule has 2 N–H and O–H groups in total. The van der Waals surface area contributed by atoms with Crippen molar-refractivity contribution in [1.82, 2.24) is 13.9 Å². The quantitative estimate of drug-likeness (QED) is 0.492. The molecule has 1 aliphatic carbocycles. The van der Waals surface area contributed by atoms with Gasteiger partial charge in [-0.05, 0) is 49.1 Å². The zero-order valence-corrected chi connectivity index (χ0v) is 18.1. The normalized spacial score (nSPS) is 15.7. The van der Waals surface area contributed by atoms with E-state index in [-0.39, 0.29) is 10.9 Å². The van der Waals surface area contributed by atoms with Crippen molar-refractivity contribution >= 4 is 32.8 Å². The number of rotatable bonds is 5. The monoisotopic (exact) mass is 433 g/mol. The van der Waals surface area contributed by atoms with Gasteiger partial charge < -0.3 is 10.6 Å². The Labute approximate surface area is 181 Å². The van der Waals surface area contributed by atoms with Gasteiger partial charge in [-0.15, -0.1) is 0 Å². The Balaban J connectivity index is 1.60. The van der Waals surface area contributed by atoms with Gasteiger partial charge in [0.25, 0.3) is 10.0 Å². The molecule has 0 spiro atoms. The largest absolute Gasteiger partial charge is 0.363 e. The highest BCUT2D eigenvalue weighted by Gasteiger charge is 2.25. The van der Waals surface area contributed by atoms with Crippen LogP contribution in [-0.2, 0) is 16.4 Å².